The highest BCUT2D eigenvalue weighted by atomic mass is 32.2. The highest BCUT2D eigenvalue weighted by Gasteiger charge is 2.54. The lowest BCUT2D eigenvalue weighted by atomic mass is 9.92. The van der Waals surface area contributed by atoms with E-state index < -0.39 is 71.5 Å². The number of amides is 2. The lowest BCUT2D eigenvalue weighted by molar-refractivity contribution is -0.385. The summed E-state index contributed by atoms with van der Waals surface area (Å²) >= 11 is 0. The summed E-state index contributed by atoms with van der Waals surface area (Å²) in [6, 6.07) is 2.53. The zero-order valence-electron chi connectivity index (χ0n) is 18.4. The molecule has 2 rings (SSSR count). The van der Waals surface area contributed by atoms with Crippen LogP contribution in [0.2, 0.25) is 0 Å². The minimum absolute atomic E-state index is 0.0649. The van der Waals surface area contributed by atoms with Crippen molar-refractivity contribution in [3.8, 4) is 0 Å². The SMILES string of the molecule is CC(C)(C)OC(=O)N(C(=O)O)C1=N[C@](C)(c2cc([N+](=O)[O-])ccc2F)CS(=O)(=O)C1(C)C. The van der Waals surface area contributed by atoms with Crippen molar-refractivity contribution in [1.82, 2.24) is 4.90 Å². The van der Waals surface area contributed by atoms with E-state index >= 15 is 0 Å². The van der Waals surface area contributed by atoms with E-state index in [2.05, 4.69) is 4.99 Å². The van der Waals surface area contributed by atoms with E-state index in [0.717, 1.165) is 32.0 Å². The molecule has 0 spiro atoms. The third kappa shape index (κ3) is 4.56. The predicted molar refractivity (Wildman–Crippen MR) is 112 cm³/mol. The monoisotopic (exact) mass is 473 g/mol. The number of amidine groups is 1. The number of rotatable bonds is 2. The average molecular weight is 473 g/mol. The second kappa shape index (κ2) is 7.80. The molecular weight excluding hydrogens is 449 g/mol. The minimum Gasteiger partial charge on any atom is -0.464 e. The lowest BCUT2D eigenvalue weighted by Gasteiger charge is -2.41. The molecule has 1 N–H and O–H groups in total. The molecule has 1 aliphatic rings. The number of nitro benzene ring substituents is 1. The molecule has 11 nitrogen and oxygen atoms in total. The first-order valence-corrected chi connectivity index (χ1v) is 11.0. The summed E-state index contributed by atoms with van der Waals surface area (Å²) in [7, 11) is -4.25. The van der Waals surface area contributed by atoms with Crippen molar-refractivity contribution in [1.29, 1.82) is 0 Å². The topological polar surface area (TPSA) is 156 Å². The van der Waals surface area contributed by atoms with E-state index in [1.807, 2.05) is 0 Å². The standard InChI is InChI=1S/C19H24FN3O8S/c1-17(2,3)31-16(26)22(15(24)25)14-18(4,5)32(29,30)10-19(6,21-14)12-9-11(23(27)28)7-8-13(12)20/h7-9H,10H2,1-6H3,(H,24,25)/t19-/m0/s1. The summed E-state index contributed by atoms with van der Waals surface area (Å²) in [5.41, 5.74) is -4.02. The van der Waals surface area contributed by atoms with E-state index in [4.69, 9.17) is 4.74 Å². The van der Waals surface area contributed by atoms with Gasteiger partial charge < -0.3 is 9.84 Å². The number of aliphatic imine (C=N–C) groups is 1. The van der Waals surface area contributed by atoms with Crippen molar-refractivity contribution in [3.63, 3.8) is 0 Å². The fourth-order valence-electron chi connectivity index (χ4n) is 3.15. The molecule has 0 radical (unpaired) electrons. The predicted octanol–water partition coefficient (Wildman–Crippen LogP) is 3.47. The first-order valence-electron chi connectivity index (χ1n) is 9.35. The smallest absolute Gasteiger partial charge is 0.425 e. The molecule has 0 aromatic heterocycles. The molecule has 0 bridgehead atoms. The van der Waals surface area contributed by atoms with Crippen LogP contribution >= 0.6 is 0 Å². The van der Waals surface area contributed by atoms with Gasteiger partial charge in [0.1, 0.15) is 27.5 Å². The average Bonchev–Trinajstić information content (AvgIpc) is 2.57. The van der Waals surface area contributed by atoms with Crippen LogP contribution in [0.25, 0.3) is 0 Å². The molecule has 1 heterocycles. The Morgan fingerprint density at radius 2 is 1.84 bits per heavy atom. The van der Waals surface area contributed by atoms with E-state index in [1.165, 1.54) is 27.7 Å². The second-order valence-corrected chi connectivity index (χ2v) is 11.5. The molecular formula is C19H24FN3O8S. The van der Waals surface area contributed by atoms with Gasteiger partial charge in [-0.3, -0.25) is 15.1 Å². The largest absolute Gasteiger partial charge is 0.464 e. The number of hydrogen-bond donors (Lipinski definition) is 1. The number of nitro groups is 1. The Kier molecular flexibility index (Phi) is 6.13. The van der Waals surface area contributed by atoms with Crippen LogP contribution in [-0.4, -0.2) is 57.5 Å². The normalized spacial score (nSPS) is 21.9. The van der Waals surface area contributed by atoms with Gasteiger partial charge in [-0.05, 0) is 47.6 Å². The number of halogens is 1. The maximum Gasteiger partial charge on any atom is 0.425 e. The Morgan fingerprint density at radius 1 is 1.28 bits per heavy atom. The third-order valence-corrected chi connectivity index (χ3v) is 7.54. The molecule has 0 saturated heterocycles. The van der Waals surface area contributed by atoms with Gasteiger partial charge in [0.2, 0.25) is 0 Å². The minimum atomic E-state index is -4.25. The zero-order chi connectivity index (χ0) is 24.9. The van der Waals surface area contributed by atoms with E-state index in [-0.39, 0.29) is 4.90 Å². The summed E-state index contributed by atoms with van der Waals surface area (Å²) in [4.78, 5) is 39.2. The number of carbonyl (C=O) groups is 2. The quantitative estimate of drug-likeness (QED) is 0.505. The van der Waals surface area contributed by atoms with Crippen molar-refractivity contribution in [2.24, 2.45) is 4.99 Å². The molecule has 1 aromatic rings. The van der Waals surface area contributed by atoms with Crippen LogP contribution in [0.5, 0.6) is 0 Å². The van der Waals surface area contributed by atoms with Crippen molar-refractivity contribution < 1.29 is 37.2 Å². The lowest BCUT2D eigenvalue weighted by Crippen LogP contribution is -2.60. The van der Waals surface area contributed by atoms with Gasteiger partial charge in [-0.25, -0.2) is 22.4 Å². The third-order valence-electron chi connectivity index (χ3n) is 4.86. The summed E-state index contributed by atoms with van der Waals surface area (Å²) in [6.07, 6.45) is -3.25. The van der Waals surface area contributed by atoms with Crippen LogP contribution < -0.4 is 0 Å². The molecule has 13 heteroatoms. The fraction of sp³-hybridized carbons (Fsp3) is 0.526. The summed E-state index contributed by atoms with van der Waals surface area (Å²) in [5.74, 6) is -2.47. The van der Waals surface area contributed by atoms with Crippen LogP contribution in [0.15, 0.2) is 23.2 Å². The Bertz CT molecular complexity index is 1120. The van der Waals surface area contributed by atoms with Gasteiger partial charge in [0.15, 0.2) is 9.84 Å². The molecule has 1 aliphatic heterocycles. The van der Waals surface area contributed by atoms with Crippen LogP contribution in [0.1, 0.15) is 47.1 Å². The number of carbonyl (C=O) groups excluding carboxylic acids is 1. The summed E-state index contributed by atoms with van der Waals surface area (Å²) < 4.78 is 44.1. The molecule has 1 atom stereocenters. The zero-order valence-corrected chi connectivity index (χ0v) is 19.2. The number of sulfone groups is 1. The van der Waals surface area contributed by atoms with E-state index in [0.29, 0.717) is 0 Å². The van der Waals surface area contributed by atoms with Crippen molar-refractivity contribution in [2.45, 2.75) is 57.4 Å². The molecule has 0 aliphatic carbocycles. The number of nitrogens with zero attached hydrogens (tertiary/aromatic N) is 3. The Hall–Kier alpha value is -3.09. The molecule has 0 saturated carbocycles. The van der Waals surface area contributed by atoms with E-state index in [1.54, 1.807) is 0 Å². The number of non-ortho nitro benzene ring substituents is 1. The Morgan fingerprint density at radius 3 is 2.31 bits per heavy atom. The molecule has 1 aromatic carbocycles. The number of imide groups is 1. The molecule has 0 fully saturated rings. The fourth-order valence-corrected chi connectivity index (χ4v) is 4.89. The van der Waals surface area contributed by atoms with Gasteiger partial charge in [-0.1, -0.05) is 0 Å². The van der Waals surface area contributed by atoms with Gasteiger partial charge in [-0.2, -0.15) is 4.90 Å². The van der Waals surface area contributed by atoms with Gasteiger partial charge in [0.05, 0.1) is 10.7 Å². The Balaban J connectivity index is 2.82. The van der Waals surface area contributed by atoms with Gasteiger partial charge in [0, 0.05) is 17.7 Å². The highest BCUT2D eigenvalue weighted by molar-refractivity contribution is 7.93. The molecule has 176 valence electrons. The molecule has 32 heavy (non-hydrogen) atoms. The number of benzene rings is 1. The highest BCUT2D eigenvalue weighted by Crippen LogP contribution is 2.40. The number of carboxylic acid groups (broad SMARTS) is 1. The Labute approximate surface area is 183 Å². The van der Waals surface area contributed by atoms with Crippen LogP contribution in [0.4, 0.5) is 19.7 Å². The maximum atomic E-state index is 14.7. The van der Waals surface area contributed by atoms with Crippen LogP contribution in [0, 0.1) is 15.9 Å². The number of ether oxygens (including phenoxy) is 1. The second-order valence-electron chi connectivity index (χ2n) is 9.00. The van der Waals surface area contributed by atoms with Crippen molar-refractivity contribution in [3.05, 3.63) is 39.7 Å². The van der Waals surface area contributed by atoms with Crippen LogP contribution in [0.3, 0.4) is 0 Å². The van der Waals surface area contributed by atoms with E-state index in [9.17, 15) is 37.6 Å². The van der Waals surface area contributed by atoms with Gasteiger partial charge in [0.25, 0.3) is 5.69 Å². The number of hydrogen-bond acceptors (Lipinski definition) is 8. The molecule has 0 unspecified atom stereocenters. The van der Waals surface area contributed by atoms with Gasteiger partial charge in [-0.15, -0.1) is 0 Å². The maximum absolute atomic E-state index is 14.7. The first kappa shape index (κ1) is 25.2. The first-order chi connectivity index (χ1) is 14.3. The van der Waals surface area contributed by atoms with Crippen LogP contribution in [-0.2, 0) is 20.1 Å². The van der Waals surface area contributed by atoms with Crippen molar-refractivity contribution >= 4 is 33.5 Å². The molecule has 2 amide bonds. The van der Waals surface area contributed by atoms with Gasteiger partial charge >= 0.3 is 12.2 Å². The van der Waals surface area contributed by atoms with Crippen molar-refractivity contribution in [2.75, 3.05) is 5.75 Å². The summed E-state index contributed by atoms with van der Waals surface area (Å²) in [5, 5.41) is 20.8. The summed E-state index contributed by atoms with van der Waals surface area (Å²) in [6.45, 7) is 7.96.